The molecule has 1 aliphatic rings. The molecule has 3 rings (SSSR count). The Bertz CT molecular complexity index is 597. The molecule has 1 aliphatic heterocycles. The normalized spacial score (nSPS) is 16.8. The van der Waals surface area contributed by atoms with Crippen LogP contribution in [0.4, 0.5) is 0 Å². The minimum absolute atomic E-state index is 0.404. The lowest BCUT2D eigenvalue weighted by atomic mass is 9.91. The molecular weight excluding hydrogens is 268 g/mol. The van der Waals surface area contributed by atoms with Crippen LogP contribution in [0.5, 0.6) is 0 Å². The summed E-state index contributed by atoms with van der Waals surface area (Å²) in [5.41, 5.74) is 5.03. The molecule has 0 amide bonds. The molecule has 1 saturated heterocycles. The van der Waals surface area contributed by atoms with E-state index in [1.807, 2.05) is 0 Å². The van der Waals surface area contributed by atoms with Crippen LogP contribution >= 0.6 is 0 Å². The lowest BCUT2D eigenvalue weighted by molar-refractivity contribution is 0.326. The van der Waals surface area contributed by atoms with Crippen LogP contribution in [0.3, 0.4) is 0 Å². The second kappa shape index (κ2) is 7.06. The first-order chi connectivity index (χ1) is 10.7. The summed E-state index contributed by atoms with van der Waals surface area (Å²) in [7, 11) is 0. The number of rotatable bonds is 5. The van der Waals surface area contributed by atoms with Crippen LogP contribution in [0.25, 0.3) is 0 Å². The van der Waals surface area contributed by atoms with E-state index >= 15 is 0 Å². The third-order valence-electron chi connectivity index (χ3n) is 4.68. The second-order valence-corrected chi connectivity index (χ2v) is 6.50. The zero-order chi connectivity index (χ0) is 15.4. The van der Waals surface area contributed by atoms with Crippen molar-refractivity contribution in [1.29, 1.82) is 0 Å². The van der Waals surface area contributed by atoms with E-state index in [-0.39, 0.29) is 0 Å². The molecule has 2 aromatic rings. The van der Waals surface area contributed by atoms with Gasteiger partial charge in [0.25, 0.3) is 0 Å². The summed E-state index contributed by atoms with van der Waals surface area (Å²) in [5.74, 6) is 0.404. The van der Waals surface area contributed by atoms with E-state index in [1.54, 1.807) is 0 Å². The lowest BCUT2D eigenvalue weighted by Crippen LogP contribution is -2.22. The fourth-order valence-electron chi connectivity index (χ4n) is 3.36. The highest BCUT2D eigenvalue weighted by molar-refractivity contribution is 5.31. The van der Waals surface area contributed by atoms with Crippen molar-refractivity contribution >= 4 is 0 Å². The highest BCUT2D eigenvalue weighted by Crippen LogP contribution is 2.28. The molecule has 116 valence electrons. The number of nitrogens with zero attached hydrogens (tertiary/aromatic N) is 2. The summed E-state index contributed by atoms with van der Waals surface area (Å²) in [4.78, 5) is 7.39. The number of pyridine rings is 1. The van der Waals surface area contributed by atoms with Gasteiger partial charge >= 0.3 is 0 Å². The maximum atomic E-state index is 4.80. The van der Waals surface area contributed by atoms with Gasteiger partial charge in [0.2, 0.25) is 0 Å². The van der Waals surface area contributed by atoms with Gasteiger partial charge in [0.05, 0.1) is 0 Å². The van der Waals surface area contributed by atoms with Gasteiger partial charge in [0.1, 0.15) is 0 Å². The number of likely N-dealkylation sites (tertiary alicyclic amines) is 1. The molecule has 1 aromatic heterocycles. The Morgan fingerprint density at radius 1 is 1.00 bits per heavy atom. The Hall–Kier alpha value is -1.67. The molecular formula is C20H26N2. The fraction of sp³-hybridized carbons (Fsp3) is 0.450. The topological polar surface area (TPSA) is 16.1 Å². The van der Waals surface area contributed by atoms with Crippen LogP contribution in [0.2, 0.25) is 0 Å². The van der Waals surface area contributed by atoms with E-state index in [0.717, 1.165) is 12.1 Å². The second-order valence-electron chi connectivity index (χ2n) is 6.50. The Kier molecular flexibility index (Phi) is 4.89. The first kappa shape index (κ1) is 15.2. The molecule has 22 heavy (non-hydrogen) atoms. The Morgan fingerprint density at radius 2 is 1.73 bits per heavy atom. The van der Waals surface area contributed by atoms with Crippen molar-refractivity contribution in [2.75, 3.05) is 19.6 Å². The average molecular weight is 294 g/mol. The molecule has 2 nitrogen and oxygen atoms in total. The maximum Gasteiger partial charge on any atom is 0.0482 e. The molecule has 0 saturated carbocycles. The third-order valence-corrected chi connectivity index (χ3v) is 4.68. The smallest absolute Gasteiger partial charge is 0.0482 e. The first-order valence-corrected chi connectivity index (χ1v) is 8.45. The first-order valence-electron chi connectivity index (χ1n) is 8.45. The number of hydrogen-bond donors (Lipinski definition) is 0. The average Bonchev–Trinajstić information content (AvgIpc) is 3.03. The standard InChI is InChI=1S/C20H26N2/c1-16-8-10-18(11-9-16)19(12-15-22-13-3-4-14-22)20-7-5-6-17(2)21-20/h5-11,19H,3-4,12-15H2,1-2H3. The van der Waals surface area contributed by atoms with E-state index in [0.29, 0.717) is 5.92 Å². The summed E-state index contributed by atoms with van der Waals surface area (Å²) >= 11 is 0. The lowest BCUT2D eigenvalue weighted by Gasteiger charge is -2.21. The van der Waals surface area contributed by atoms with Crippen LogP contribution < -0.4 is 0 Å². The summed E-state index contributed by atoms with van der Waals surface area (Å²) in [5, 5.41) is 0. The molecule has 1 fully saturated rings. The van der Waals surface area contributed by atoms with Gasteiger partial charge in [-0.15, -0.1) is 0 Å². The van der Waals surface area contributed by atoms with Gasteiger partial charge in [-0.2, -0.15) is 0 Å². The van der Waals surface area contributed by atoms with Crippen molar-refractivity contribution in [1.82, 2.24) is 9.88 Å². The predicted molar refractivity (Wildman–Crippen MR) is 92.3 cm³/mol. The van der Waals surface area contributed by atoms with Gasteiger partial charge in [-0.05, 0) is 70.4 Å². The molecule has 1 atom stereocenters. The highest BCUT2D eigenvalue weighted by Gasteiger charge is 2.19. The van der Waals surface area contributed by atoms with Gasteiger partial charge in [-0.3, -0.25) is 4.98 Å². The molecule has 0 N–H and O–H groups in total. The molecule has 2 heterocycles. The van der Waals surface area contributed by atoms with E-state index in [2.05, 4.69) is 61.2 Å². The number of aryl methyl sites for hydroxylation is 2. The van der Waals surface area contributed by atoms with Gasteiger partial charge in [0, 0.05) is 17.3 Å². The molecule has 0 spiro atoms. The van der Waals surface area contributed by atoms with Crippen LogP contribution in [0.1, 0.15) is 47.7 Å². The van der Waals surface area contributed by atoms with Crippen molar-refractivity contribution in [3.8, 4) is 0 Å². The van der Waals surface area contributed by atoms with Gasteiger partial charge in [0.15, 0.2) is 0 Å². The SMILES string of the molecule is Cc1ccc(C(CCN2CCCC2)c2cccc(C)n2)cc1. The summed E-state index contributed by atoms with van der Waals surface area (Å²) in [6, 6.07) is 15.4. The monoisotopic (exact) mass is 294 g/mol. The molecule has 1 unspecified atom stereocenters. The quantitative estimate of drug-likeness (QED) is 0.816. The predicted octanol–water partition coefficient (Wildman–Crippen LogP) is 4.32. The highest BCUT2D eigenvalue weighted by atomic mass is 15.1. The van der Waals surface area contributed by atoms with Crippen LogP contribution in [0.15, 0.2) is 42.5 Å². The molecule has 0 bridgehead atoms. The summed E-state index contributed by atoms with van der Waals surface area (Å²) < 4.78 is 0. The third kappa shape index (κ3) is 3.75. The van der Waals surface area contributed by atoms with E-state index in [1.165, 1.54) is 49.3 Å². The Morgan fingerprint density at radius 3 is 2.41 bits per heavy atom. The maximum absolute atomic E-state index is 4.80. The molecule has 2 heteroatoms. The number of aromatic nitrogens is 1. The van der Waals surface area contributed by atoms with Gasteiger partial charge in [-0.25, -0.2) is 0 Å². The van der Waals surface area contributed by atoms with Gasteiger partial charge in [-0.1, -0.05) is 35.9 Å². The minimum Gasteiger partial charge on any atom is -0.303 e. The van der Waals surface area contributed by atoms with Crippen LogP contribution in [-0.2, 0) is 0 Å². The molecule has 1 aromatic carbocycles. The largest absolute Gasteiger partial charge is 0.303 e. The Labute approximate surface area is 134 Å². The van der Waals surface area contributed by atoms with Crippen LogP contribution in [0, 0.1) is 13.8 Å². The zero-order valence-electron chi connectivity index (χ0n) is 13.8. The number of benzene rings is 1. The van der Waals surface area contributed by atoms with E-state index in [9.17, 15) is 0 Å². The van der Waals surface area contributed by atoms with Crippen molar-refractivity contribution in [3.05, 3.63) is 65.0 Å². The summed E-state index contributed by atoms with van der Waals surface area (Å²) in [6.07, 6.45) is 3.87. The Balaban J connectivity index is 1.82. The van der Waals surface area contributed by atoms with Crippen molar-refractivity contribution in [2.45, 2.75) is 39.0 Å². The van der Waals surface area contributed by atoms with Gasteiger partial charge < -0.3 is 4.90 Å². The van der Waals surface area contributed by atoms with E-state index < -0.39 is 0 Å². The molecule has 0 radical (unpaired) electrons. The van der Waals surface area contributed by atoms with Crippen molar-refractivity contribution < 1.29 is 0 Å². The number of hydrogen-bond acceptors (Lipinski definition) is 2. The van der Waals surface area contributed by atoms with Crippen LogP contribution in [-0.4, -0.2) is 29.5 Å². The minimum atomic E-state index is 0.404. The zero-order valence-corrected chi connectivity index (χ0v) is 13.8. The van der Waals surface area contributed by atoms with Crippen molar-refractivity contribution in [2.24, 2.45) is 0 Å². The van der Waals surface area contributed by atoms with E-state index in [4.69, 9.17) is 4.98 Å². The fourth-order valence-corrected chi connectivity index (χ4v) is 3.36. The molecule has 0 aliphatic carbocycles. The van der Waals surface area contributed by atoms with Crippen molar-refractivity contribution in [3.63, 3.8) is 0 Å². The summed E-state index contributed by atoms with van der Waals surface area (Å²) in [6.45, 7) is 7.93.